The molecule has 4 rings (SSSR count). The Labute approximate surface area is 593 Å². The Balaban J connectivity index is -0.000000389. The Hall–Kier alpha value is -5.07. The summed E-state index contributed by atoms with van der Waals surface area (Å²) in [6.07, 6.45) is 2.83. The Bertz CT molecular complexity index is 2250. The van der Waals surface area contributed by atoms with E-state index in [1.165, 1.54) is 45.8 Å². The van der Waals surface area contributed by atoms with Gasteiger partial charge in [-0.1, -0.05) is 220 Å². The van der Waals surface area contributed by atoms with Crippen molar-refractivity contribution in [3.05, 3.63) is 70.8 Å². The lowest BCUT2D eigenvalue weighted by Crippen LogP contribution is -2.44. The van der Waals surface area contributed by atoms with E-state index in [-0.39, 0.29) is 49.2 Å². The van der Waals surface area contributed by atoms with Gasteiger partial charge in [0.05, 0.1) is 19.3 Å². The van der Waals surface area contributed by atoms with Crippen LogP contribution >= 0.6 is 0 Å². The number of ether oxygens (including phenoxy) is 6. The Morgan fingerprint density at radius 1 is 0.598 bits per heavy atom. The molecule has 17 heteroatoms. The molecule has 11 unspecified atom stereocenters. The first kappa shape index (κ1) is 101. The molecule has 2 heterocycles. The summed E-state index contributed by atoms with van der Waals surface area (Å²) in [5, 5.41) is 8.81. The lowest BCUT2D eigenvalue weighted by molar-refractivity contribution is -0.163. The number of hydrogen-bond donors (Lipinski definition) is 1. The number of carbonyl (C=O) groups is 7. The Kier molecular flexibility index (Phi) is 62.0. The molecule has 2 aliphatic heterocycles. The highest BCUT2D eigenvalue weighted by Gasteiger charge is 2.34. The SMILES string of the molecule is CC.CC(C)C.CC(C)C.CC(C)C.CC(C)C.CC(C)C(C)C(=O)C(Cc1ccc(C(C)C(C)C2COCC2C)cc1)OC(=O)CN(C)C.CCC(O)OC(C)C.CCCC1COCC(C)C1.Cc1ccc(CC(OC(=O)CN(C)C=O)C(=O)N(C)CC(=O)OC(C)C=O)cc1. The number of hydrogen-bond acceptors (Lipinski definition) is 15. The number of aliphatic hydroxyl groups excluding tert-OH is 1. The molecule has 17 nitrogen and oxygen atoms in total. The van der Waals surface area contributed by atoms with Crippen LogP contribution in [0.15, 0.2) is 48.5 Å². The zero-order chi connectivity index (χ0) is 76.2. The Morgan fingerprint density at radius 2 is 1.04 bits per heavy atom. The van der Waals surface area contributed by atoms with Gasteiger partial charge in [-0.05, 0) is 143 Å². The predicted molar refractivity (Wildman–Crippen MR) is 400 cm³/mol. The fraction of sp³-hybridized carbons (Fsp3) is 0.762. The summed E-state index contributed by atoms with van der Waals surface area (Å²) < 4.78 is 31.8. The number of aldehydes is 1. The third-order valence-electron chi connectivity index (χ3n) is 14.2. The van der Waals surface area contributed by atoms with Crippen molar-refractivity contribution in [2.24, 2.45) is 65.1 Å². The van der Waals surface area contributed by atoms with E-state index in [1.54, 1.807) is 17.0 Å². The normalized spacial score (nSPS) is 17.4. The number of likely N-dealkylation sites (N-methyl/N-ethyl adjacent to an activating group) is 3. The number of aryl methyl sites for hydroxylation is 1. The maximum absolute atomic E-state index is 13.0. The highest BCUT2D eigenvalue weighted by atomic mass is 16.6. The topological polar surface area (TPSA) is 205 Å². The maximum Gasteiger partial charge on any atom is 0.326 e. The number of Topliss-reactive ketones (excluding diaryl/α,β-unsaturated/α-hetero) is 1. The number of aliphatic hydroxyl groups is 1. The molecule has 0 radical (unpaired) electrons. The summed E-state index contributed by atoms with van der Waals surface area (Å²) in [5.74, 6) is 4.66. The minimum absolute atomic E-state index is 0.00612. The summed E-state index contributed by atoms with van der Waals surface area (Å²) in [4.78, 5) is 87.2. The number of nitrogens with zero attached hydrogens (tertiary/aromatic N) is 3. The van der Waals surface area contributed by atoms with Gasteiger partial charge >= 0.3 is 17.9 Å². The summed E-state index contributed by atoms with van der Waals surface area (Å²) >= 11 is 0. The van der Waals surface area contributed by atoms with E-state index in [4.69, 9.17) is 33.5 Å². The van der Waals surface area contributed by atoms with Gasteiger partial charge in [0.2, 0.25) is 6.41 Å². The summed E-state index contributed by atoms with van der Waals surface area (Å²) in [5.41, 5.74) is 4.10. The van der Waals surface area contributed by atoms with Gasteiger partial charge in [0.1, 0.15) is 13.1 Å². The van der Waals surface area contributed by atoms with Crippen molar-refractivity contribution in [1.29, 1.82) is 0 Å². The van der Waals surface area contributed by atoms with Crippen molar-refractivity contribution in [1.82, 2.24) is 14.7 Å². The molecule has 1 N–H and O–H groups in total. The molecule has 0 aromatic heterocycles. The van der Waals surface area contributed by atoms with E-state index in [0.717, 1.165) is 88.4 Å². The van der Waals surface area contributed by atoms with Gasteiger partial charge in [-0.3, -0.25) is 38.5 Å². The van der Waals surface area contributed by atoms with Gasteiger partial charge < -0.3 is 43.3 Å². The molecule has 2 aromatic carbocycles. The predicted octanol–water partition coefficient (Wildman–Crippen LogP) is 16.0. The standard InChI is InChI=1S/C27H43NO4.C20H26N2O7.C9H18O.C6H14O2.4C4H10.C2H6/c1-17(2)19(4)27(30)25(32-26(29)14-28(7)8)13-22-9-11-23(12-10-22)20(5)21(6)24-16-31-15-18(24)3;1-14-5-7-16(8-6-14)9-17(29-18(25)10-21(3)13-24)20(27)22(4)11-19(26)28-15(2)12-23;1-3-4-9-5-8(2)6-10-7-9;1-4-6(7)8-5(2)3;4*1-4(2)3;1-2/h9-12,17-21,24-25H,13-16H2,1-8H3;5-8,12-13,15,17H,9-11H2,1-4H3;8-9H,3-7H2,1-2H3;5-7H,4H2,1-3H3;4*4H,1-3H3;1-2H3. The molecule has 11 atom stereocenters. The van der Waals surface area contributed by atoms with Gasteiger partial charge in [0.25, 0.3) is 5.91 Å². The van der Waals surface area contributed by atoms with Crippen LogP contribution in [0.5, 0.6) is 0 Å². The van der Waals surface area contributed by atoms with Crippen LogP contribution < -0.4 is 0 Å². The van der Waals surface area contributed by atoms with E-state index in [9.17, 15) is 33.6 Å². The minimum Gasteiger partial charge on any atom is -0.454 e. The molecule has 2 aromatic rings. The second kappa shape index (κ2) is 59.8. The molecular weight excluding hydrogens is 1230 g/mol. The second-order valence-corrected chi connectivity index (χ2v) is 29.6. The molecule has 566 valence electrons. The van der Waals surface area contributed by atoms with Crippen molar-refractivity contribution < 1.29 is 67.1 Å². The fourth-order valence-electron chi connectivity index (χ4n) is 8.97. The number of rotatable bonds is 27. The van der Waals surface area contributed by atoms with Crippen LogP contribution in [0, 0.1) is 72.0 Å². The zero-order valence-electron chi connectivity index (χ0n) is 67.4. The molecule has 2 aliphatic rings. The number of esters is 3. The minimum atomic E-state index is -1.19. The fourth-order valence-corrected chi connectivity index (χ4v) is 8.97. The maximum atomic E-state index is 13.0. The van der Waals surface area contributed by atoms with Gasteiger partial charge in [-0.15, -0.1) is 0 Å². The summed E-state index contributed by atoms with van der Waals surface area (Å²) in [6.45, 7) is 59.5. The van der Waals surface area contributed by atoms with Crippen molar-refractivity contribution in [2.45, 2.75) is 262 Å². The summed E-state index contributed by atoms with van der Waals surface area (Å²) in [6, 6.07) is 15.8. The van der Waals surface area contributed by atoms with E-state index < -0.39 is 49.0 Å². The molecule has 2 fully saturated rings. The van der Waals surface area contributed by atoms with E-state index in [1.807, 2.05) is 88.5 Å². The van der Waals surface area contributed by atoms with Gasteiger partial charge in [0.15, 0.2) is 36.7 Å². The number of benzene rings is 2. The first-order valence-electron chi connectivity index (χ1n) is 36.3. The monoisotopic (exact) mass is 1370 g/mol. The van der Waals surface area contributed by atoms with Crippen molar-refractivity contribution >= 4 is 42.3 Å². The molecule has 97 heavy (non-hydrogen) atoms. The van der Waals surface area contributed by atoms with Crippen LogP contribution in [-0.2, 0) is 74.8 Å². The van der Waals surface area contributed by atoms with E-state index in [2.05, 4.69) is 142 Å². The largest absolute Gasteiger partial charge is 0.454 e. The van der Waals surface area contributed by atoms with Crippen molar-refractivity contribution in [2.75, 3.05) is 74.3 Å². The number of amides is 2. The van der Waals surface area contributed by atoms with Crippen LogP contribution in [0.2, 0.25) is 0 Å². The molecule has 2 saturated heterocycles. The first-order chi connectivity index (χ1) is 45.1. The van der Waals surface area contributed by atoms with Crippen LogP contribution in [0.3, 0.4) is 0 Å². The molecule has 2 amide bonds. The molecule has 0 aliphatic carbocycles. The second-order valence-electron chi connectivity index (χ2n) is 29.6. The van der Waals surface area contributed by atoms with Crippen molar-refractivity contribution in [3.63, 3.8) is 0 Å². The smallest absolute Gasteiger partial charge is 0.326 e. The molecule has 0 spiro atoms. The highest BCUT2D eigenvalue weighted by Crippen LogP contribution is 2.37. The molecule has 0 bridgehead atoms. The van der Waals surface area contributed by atoms with Crippen LogP contribution in [0.1, 0.15) is 234 Å². The summed E-state index contributed by atoms with van der Waals surface area (Å²) in [7, 11) is 6.40. The number of carbonyl (C=O) groups excluding carboxylic acids is 7. The van der Waals surface area contributed by atoms with Gasteiger partial charge in [0, 0.05) is 52.7 Å². The number of ketones is 1. The molecular formula is C80H147N3O14. The lowest BCUT2D eigenvalue weighted by atomic mass is 9.76. The average molecular weight is 1380 g/mol. The van der Waals surface area contributed by atoms with Crippen LogP contribution in [0.4, 0.5) is 0 Å². The van der Waals surface area contributed by atoms with Gasteiger partial charge in [-0.25, -0.2) is 0 Å². The molecule has 0 saturated carbocycles. The zero-order valence-corrected chi connectivity index (χ0v) is 67.4. The quantitative estimate of drug-likeness (QED) is 0.0382. The van der Waals surface area contributed by atoms with E-state index >= 15 is 0 Å². The lowest BCUT2D eigenvalue weighted by Gasteiger charge is -2.28. The van der Waals surface area contributed by atoms with Crippen LogP contribution in [0.25, 0.3) is 0 Å². The van der Waals surface area contributed by atoms with Crippen LogP contribution in [-0.4, -0.2) is 167 Å². The van der Waals surface area contributed by atoms with E-state index in [0.29, 0.717) is 49.2 Å². The highest BCUT2D eigenvalue weighted by molar-refractivity contribution is 5.88. The first-order valence-corrected chi connectivity index (χ1v) is 36.3. The van der Waals surface area contributed by atoms with Gasteiger partial charge in [-0.2, -0.15) is 0 Å². The average Bonchev–Trinajstić information content (AvgIpc) is 1.80. The third-order valence-corrected chi connectivity index (χ3v) is 14.2. The third kappa shape index (κ3) is 57.4. The Morgan fingerprint density at radius 3 is 1.43 bits per heavy atom. The van der Waals surface area contributed by atoms with Crippen molar-refractivity contribution in [3.8, 4) is 0 Å².